The molecule has 214 valence electrons. The van der Waals surface area contributed by atoms with Crippen molar-refractivity contribution >= 4 is 19.8 Å². The second kappa shape index (κ2) is 23.1. The molecule has 1 unspecified atom stereocenters. The van der Waals surface area contributed by atoms with Crippen molar-refractivity contribution < 1.29 is 37.6 Å². The first kappa shape index (κ1) is 35.0. The molecule has 0 aliphatic heterocycles. The van der Waals surface area contributed by atoms with E-state index in [-0.39, 0.29) is 26.0 Å². The molecule has 36 heavy (non-hydrogen) atoms. The van der Waals surface area contributed by atoms with Crippen LogP contribution >= 0.6 is 7.82 Å². The van der Waals surface area contributed by atoms with Gasteiger partial charge in [0.05, 0.1) is 6.61 Å². The zero-order chi connectivity index (χ0) is 27.1. The van der Waals surface area contributed by atoms with Gasteiger partial charge in [-0.05, 0) is 12.8 Å². The first-order chi connectivity index (χ1) is 17.2. The Kier molecular flexibility index (Phi) is 22.5. The van der Waals surface area contributed by atoms with Crippen LogP contribution in [0.15, 0.2) is 0 Å². The SMILES string of the molecule is CCCCCCCCCCCC(=O)O[C@H](COC(=O)CCCCCCC)COP(=O)(O)O[C@@H](N)CN. The summed E-state index contributed by atoms with van der Waals surface area (Å²) in [5, 5.41) is 0. The summed E-state index contributed by atoms with van der Waals surface area (Å²) >= 11 is 0. The number of hydrogen-bond donors (Lipinski definition) is 3. The molecule has 0 saturated carbocycles. The lowest BCUT2D eigenvalue weighted by Gasteiger charge is -2.21. The number of carbonyl (C=O) groups is 2. The molecule has 0 fully saturated rings. The van der Waals surface area contributed by atoms with Crippen molar-refractivity contribution in [1.29, 1.82) is 0 Å². The summed E-state index contributed by atoms with van der Waals surface area (Å²) in [5.74, 6) is -0.894. The molecule has 0 amide bonds. The predicted molar refractivity (Wildman–Crippen MR) is 140 cm³/mol. The van der Waals surface area contributed by atoms with Crippen LogP contribution in [0.25, 0.3) is 0 Å². The number of nitrogens with two attached hydrogens (primary N) is 2. The van der Waals surface area contributed by atoms with E-state index in [1.807, 2.05) is 0 Å². The summed E-state index contributed by atoms with van der Waals surface area (Å²) in [6, 6.07) is 0. The van der Waals surface area contributed by atoms with E-state index in [9.17, 15) is 19.0 Å². The molecular formula is C25H51N2O8P. The second-order valence-electron chi connectivity index (χ2n) is 9.18. The Morgan fingerprint density at radius 2 is 1.25 bits per heavy atom. The van der Waals surface area contributed by atoms with E-state index < -0.39 is 38.7 Å². The van der Waals surface area contributed by atoms with Crippen LogP contribution in [0.5, 0.6) is 0 Å². The van der Waals surface area contributed by atoms with Gasteiger partial charge in [-0.1, -0.05) is 90.9 Å². The Balaban J connectivity index is 4.48. The van der Waals surface area contributed by atoms with Crippen molar-refractivity contribution in [2.24, 2.45) is 11.5 Å². The fourth-order valence-electron chi connectivity index (χ4n) is 3.49. The van der Waals surface area contributed by atoms with Gasteiger partial charge in [-0.2, -0.15) is 0 Å². The van der Waals surface area contributed by atoms with Gasteiger partial charge in [0, 0.05) is 19.4 Å². The maximum Gasteiger partial charge on any atom is 0.473 e. The van der Waals surface area contributed by atoms with Crippen molar-refractivity contribution in [1.82, 2.24) is 0 Å². The Labute approximate surface area is 217 Å². The standard InChI is InChI=1S/C25H51N2O8P/c1-3-5-7-9-10-11-12-14-16-18-25(29)34-22(21-33-36(30,31)35-23(27)19-26)20-32-24(28)17-15-13-8-6-4-2/h22-23H,3-21,26-27H2,1-2H3,(H,30,31)/t22-,23-/m1/s1. The summed E-state index contributed by atoms with van der Waals surface area (Å²) in [6.07, 6.45) is 13.3. The molecule has 5 N–H and O–H groups in total. The normalized spacial score (nSPS) is 14.7. The van der Waals surface area contributed by atoms with E-state index in [2.05, 4.69) is 18.4 Å². The smallest absolute Gasteiger partial charge is 0.462 e. The summed E-state index contributed by atoms with van der Waals surface area (Å²) < 4.78 is 32.2. The van der Waals surface area contributed by atoms with E-state index in [0.29, 0.717) is 6.42 Å². The lowest BCUT2D eigenvalue weighted by atomic mass is 10.1. The third kappa shape index (κ3) is 22.2. The second-order valence-corrected chi connectivity index (χ2v) is 10.6. The van der Waals surface area contributed by atoms with Crippen LogP contribution in [-0.4, -0.2) is 48.9 Å². The topological polar surface area (TPSA) is 160 Å². The minimum Gasteiger partial charge on any atom is -0.462 e. The first-order valence-corrected chi connectivity index (χ1v) is 15.2. The van der Waals surface area contributed by atoms with Crippen LogP contribution in [0.3, 0.4) is 0 Å². The van der Waals surface area contributed by atoms with Crippen LogP contribution < -0.4 is 11.5 Å². The van der Waals surface area contributed by atoms with Crippen molar-refractivity contribution in [2.45, 2.75) is 129 Å². The predicted octanol–water partition coefficient (Wildman–Crippen LogP) is 5.10. The zero-order valence-electron chi connectivity index (χ0n) is 22.5. The van der Waals surface area contributed by atoms with Gasteiger partial charge in [-0.25, -0.2) is 4.57 Å². The molecule has 0 aliphatic carbocycles. The fraction of sp³-hybridized carbons (Fsp3) is 0.920. The lowest BCUT2D eigenvalue weighted by Crippen LogP contribution is -2.33. The number of ether oxygens (including phenoxy) is 2. The van der Waals surface area contributed by atoms with E-state index in [4.69, 9.17) is 25.5 Å². The fourth-order valence-corrected chi connectivity index (χ4v) is 4.34. The minimum atomic E-state index is -4.52. The summed E-state index contributed by atoms with van der Waals surface area (Å²) in [4.78, 5) is 34.1. The summed E-state index contributed by atoms with van der Waals surface area (Å²) in [5.41, 5.74) is 10.7. The van der Waals surface area contributed by atoms with E-state index in [1.165, 1.54) is 32.1 Å². The van der Waals surface area contributed by atoms with Crippen molar-refractivity contribution in [2.75, 3.05) is 19.8 Å². The maximum absolute atomic E-state index is 12.3. The number of phosphoric ester groups is 1. The average Bonchev–Trinajstić information content (AvgIpc) is 2.84. The van der Waals surface area contributed by atoms with Gasteiger partial charge in [0.2, 0.25) is 0 Å². The highest BCUT2D eigenvalue weighted by molar-refractivity contribution is 7.47. The Morgan fingerprint density at radius 1 is 0.778 bits per heavy atom. The zero-order valence-corrected chi connectivity index (χ0v) is 23.4. The Hall–Kier alpha value is -1.03. The molecule has 3 atom stereocenters. The number of esters is 2. The molecule has 0 radical (unpaired) electrons. The van der Waals surface area contributed by atoms with Crippen molar-refractivity contribution in [3.8, 4) is 0 Å². The molecule has 0 aliphatic rings. The third-order valence-electron chi connectivity index (χ3n) is 5.62. The highest BCUT2D eigenvalue weighted by Gasteiger charge is 2.28. The summed E-state index contributed by atoms with van der Waals surface area (Å²) in [7, 11) is -4.52. The van der Waals surface area contributed by atoms with Crippen molar-refractivity contribution in [3.05, 3.63) is 0 Å². The molecule has 0 heterocycles. The molecule has 10 nitrogen and oxygen atoms in total. The van der Waals surface area contributed by atoms with Gasteiger partial charge < -0.3 is 25.8 Å². The third-order valence-corrected chi connectivity index (χ3v) is 6.63. The molecule has 0 saturated heterocycles. The molecule has 0 bridgehead atoms. The molecule has 0 spiro atoms. The molecule has 0 aromatic carbocycles. The lowest BCUT2D eigenvalue weighted by molar-refractivity contribution is -0.161. The molecular weight excluding hydrogens is 487 g/mol. The van der Waals surface area contributed by atoms with Crippen LogP contribution in [0, 0.1) is 0 Å². The van der Waals surface area contributed by atoms with Gasteiger partial charge in [-0.15, -0.1) is 0 Å². The number of phosphoric acid groups is 1. The molecule has 0 aromatic rings. The molecule has 0 rings (SSSR count). The highest BCUT2D eigenvalue weighted by atomic mass is 31.2. The van der Waals surface area contributed by atoms with E-state index >= 15 is 0 Å². The first-order valence-electron chi connectivity index (χ1n) is 13.7. The minimum absolute atomic E-state index is 0.180. The van der Waals surface area contributed by atoms with Gasteiger partial charge in [0.25, 0.3) is 0 Å². The maximum atomic E-state index is 12.3. The number of carbonyl (C=O) groups excluding carboxylic acids is 2. The van der Waals surface area contributed by atoms with E-state index in [0.717, 1.165) is 51.4 Å². The van der Waals surface area contributed by atoms with Gasteiger partial charge in [0.15, 0.2) is 6.10 Å². The van der Waals surface area contributed by atoms with Gasteiger partial charge in [-0.3, -0.25) is 18.6 Å². The average molecular weight is 539 g/mol. The highest BCUT2D eigenvalue weighted by Crippen LogP contribution is 2.43. The molecule has 0 aromatic heterocycles. The van der Waals surface area contributed by atoms with Crippen LogP contribution in [0.1, 0.15) is 117 Å². The van der Waals surface area contributed by atoms with E-state index in [1.54, 1.807) is 0 Å². The number of hydrogen-bond acceptors (Lipinski definition) is 9. The van der Waals surface area contributed by atoms with Gasteiger partial charge >= 0.3 is 19.8 Å². The monoisotopic (exact) mass is 538 g/mol. The van der Waals surface area contributed by atoms with Crippen LogP contribution in [0.4, 0.5) is 0 Å². The quantitative estimate of drug-likeness (QED) is 0.0617. The number of rotatable bonds is 25. The largest absolute Gasteiger partial charge is 0.473 e. The summed E-state index contributed by atoms with van der Waals surface area (Å²) in [6.45, 7) is 3.37. The van der Waals surface area contributed by atoms with Crippen LogP contribution in [-0.2, 0) is 32.7 Å². The Bertz CT molecular complexity index is 609. The molecule has 11 heteroatoms. The van der Waals surface area contributed by atoms with Gasteiger partial charge in [0.1, 0.15) is 12.8 Å². The Morgan fingerprint density at radius 3 is 1.75 bits per heavy atom. The van der Waals surface area contributed by atoms with Crippen molar-refractivity contribution in [3.63, 3.8) is 0 Å². The van der Waals surface area contributed by atoms with Crippen LogP contribution in [0.2, 0.25) is 0 Å². The number of unbranched alkanes of at least 4 members (excludes halogenated alkanes) is 12.